The van der Waals surface area contributed by atoms with Crippen molar-refractivity contribution in [2.24, 2.45) is 0 Å². The molecule has 0 saturated heterocycles. The summed E-state index contributed by atoms with van der Waals surface area (Å²) in [6.07, 6.45) is 2.75. The van der Waals surface area contributed by atoms with Crippen molar-refractivity contribution in [3.05, 3.63) is 70.4 Å². The molecule has 0 radical (unpaired) electrons. The fourth-order valence-corrected chi connectivity index (χ4v) is 4.01. The van der Waals surface area contributed by atoms with Gasteiger partial charge in [-0.05, 0) is 50.7 Å². The summed E-state index contributed by atoms with van der Waals surface area (Å²) in [5.41, 5.74) is 4.03. The van der Waals surface area contributed by atoms with Gasteiger partial charge in [0.05, 0.1) is 17.4 Å². The molecule has 0 aliphatic heterocycles. The van der Waals surface area contributed by atoms with Gasteiger partial charge in [0.1, 0.15) is 9.88 Å². The number of aryl methyl sites for hydroxylation is 2. The van der Waals surface area contributed by atoms with Crippen molar-refractivity contribution in [2.75, 3.05) is 20.6 Å². The number of rotatable bonds is 7. The van der Waals surface area contributed by atoms with Gasteiger partial charge in [-0.1, -0.05) is 37.3 Å². The predicted octanol–water partition coefficient (Wildman–Crippen LogP) is 4.11. The minimum atomic E-state index is -0.0887. The number of nitrogens with zero attached hydrogens (tertiary/aromatic N) is 3. The molecule has 1 amide bonds. The zero-order valence-electron chi connectivity index (χ0n) is 16.8. The molecule has 6 heteroatoms. The van der Waals surface area contributed by atoms with Gasteiger partial charge >= 0.3 is 0 Å². The lowest BCUT2D eigenvalue weighted by Gasteiger charge is -2.25. The number of nitrogens with one attached hydrogen (secondary N) is 1. The van der Waals surface area contributed by atoms with Crippen molar-refractivity contribution in [2.45, 2.75) is 26.3 Å². The van der Waals surface area contributed by atoms with Gasteiger partial charge < -0.3 is 10.2 Å². The van der Waals surface area contributed by atoms with Gasteiger partial charge in [-0.2, -0.15) is 0 Å². The van der Waals surface area contributed by atoms with Crippen molar-refractivity contribution in [1.29, 1.82) is 0 Å². The van der Waals surface area contributed by atoms with Crippen molar-refractivity contribution >= 4 is 17.2 Å². The minimum Gasteiger partial charge on any atom is -0.349 e. The highest BCUT2D eigenvalue weighted by Crippen LogP contribution is 2.26. The van der Waals surface area contributed by atoms with Crippen LogP contribution < -0.4 is 5.32 Å². The minimum absolute atomic E-state index is 0.0887. The number of hydrogen-bond donors (Lipinski definition) is 1. The second-order valence-corrected chi connectivity index (χ2v) is 7.93. The SMILES string of the molecule is CCc1ccc(C(CNC(=O)c2sc(-c3ccccn3)nc2C)N(C)C)cc1. The Hall–Kier alpha value is -2.57. The number of pyridine rings is 1. The van der Waals surface area contributed by atoms with E-state index in [1.165, 1.54) is 22.5 Å². The van der Waals surface area contributed by atoms with Crippen molar-refractivity contribution in [1.82, 2.24) is 20.2 Å². The first kappa shape index (κ1) is 20.2. The third-order valence-electron chi connectivity index (χ3n) is 4.74. The molecule has 0 bridgehead atoms. The molecule has 3 aromatic rings. The van der Waals surface area contributed by atoms with Crippen LogP contribution >= 0.6 is 11.3 Å². The molecular formula is C22H26N4OS. The smallest absolute Gasteiger partial charge is 0.263 e. The van der Waals surface area contributed by atoms with Crippen LogP contribution in [-0.4, -0.2) is 41.4 Å². The highest BCUT2D eigenvalue weighted by molar-refractivity contribution is 7.17. The molecule has 2 heterocycles. The number of likely N-dealkylation sites (N-methyl/N-ethyl adjacent to an activating group) is 1. The average molecular weight is 395 g/mol. The maximum Gasteiger partial charge on any atom is 0.263 e. The largest absolute Gasteiger partial charge is 0.349 e. The fourth-order valence-electron chi connectivity index (χ4n) is 3.05. The quantitative estimate of drug-likeness (QED) is 0.655. The Bertz CT molecular complexity index is 919. The number of carbonyl (C=O) groups excluding carboxylic acids is 1. The first-order chi connectivity index (χ1) is 13.5. The molecule has 1 atom stereocenters. The Kier molecular flexibility index (Phi) is 6.54. The van der Waals surface area contributed by atoms with Gasteiger partial charge in [-0.15, -0.1) is 11.3 Å². The molecule has 146 valence electrons. The Morgan fingerprint density at radius 1 is 1.18 bits per heavy atom. The topological polar surface area (TPSA) is 58.1 Å². The number of hydrogen-bond acceptors (Lipinski definition) is 5. The van der Waals surface area contributed by atoms with Crippen LogP contribution in [0.4, 0.5) is 0 Å². The maximum absolute atomic E-state index is 12.8. The van der Waals surface area contributed by atoms with E-state index in [2.05, 4.69) is 51.4 Å². The number of carbonyl (C=O) groups is 1. The van der Waals surface area contributed by atoms with Crippen LogP contribution in [0.15, 0.2) is 48.7 Å². The lowest BCUT2D eigenvalue weighted by atomic mass is 10.0. The molecule has 1 aromatic carbocycles. The zero-order chi connectivity index (χ0) is 20.1. The van der Waals surface area contributed by atoms with E-state index in [-0.39, 0.29) is 11.9 Å². The first-order valence-electron chi connectivity index (χ1n) is 9.42. The summed E-state index contributed by atoms with van der Waals surface area (Å²) in [6, 6.07) is 14.4. The van der Waals surface area contributed by atoms with Crippen LogP contribution in [0.1, 0.15) is 39.5 Å². The van der Waals surface area contributed by atoms with Crippen LogP contribution in [0.3, 0.4) is 0 Å². The lowest BCUT2D eigenvalue weighted by Crippen LogP contribution is -2.34. The van der Waals surface area contributed by atoms with E-state index in [9.17, 15) is 4.79 Å². The molecule has 3 rings (SSSR count). The maximum atomic E-state index is 12.8. The number of thiazole rings is 1. The van der Waals surface area contributed by atoms with Crippen LogP contribution in [0, 0.1) is 6.92 Å². The van der Waals surface area contributed by atoms with E-state index < -0.39 is 0 Å². The molecule has 0 spiro atoms. The first-order valence-corrected chi connectivity index (χ1v) is 10.2. The lowest BCUT2D eigenvalue weighted by molar-refractivity contribution is 0.0945. The van der Waals surface area contributed by atoms with Crippen molar-refractivity contribution in [3.63, 3.8) is 0 Å². The zero-order valence-corrected chi connectivity index (χ0v) is 17.6. The van der Waals surface area contributed by atoms with Crippen LogP contribution in [0.25, 0.3) is 10.7 Å². The molecule has 2 aromatic heterocycles. The van der Waals surface area contributed by atoms with Gasteiger partial charge in [0.15, 0.2) is 0 Å². The summed E-state index contributed by atoms with van der Waals surface area (Å²) in [6.45, 7) is 4.55. The Morgan fingerprint density at radius 2 is 1.93 bits per heavy atom. The summed E-state index contributed by atoms with van der Waals surface area (Å²) < 4.78 is 0. The standard InChI is InChI=1S/C22H26N4OS/c1-5-16-9-11-17(12-10-16)19(26(3)4)14-24-21(27)20-15(2)25-22(28-20)18-8-6-7-13-23-18/h6-13,19H,5,14H2,1-4H3,(H,24,27). The van der Waals surface area contributed by atoms with E-state index >= 15 is 0 Å². The van der Waals surface area contributed by atoms with Gasteiger partial charge in [-0.3, -0.25) is 9.78 Å². The number of aromatic nitrogens is 2. The molecule has 28 heavy (non-hydrogen) atoms. The van der Waals surface area contributed by atoms with Gasteiger partial charge in [0, 0.05) is 12.7 Å². The normalized spacial score (nSPS) is 12.2. The van der Waals surface area contributed by atoms with Gasteiger partial charge in [-0.25, -0.2) is 4.98 Å². The molecule has 1 N–H and O–H groups in total. The van der Waals surface area contributed by atoms with Crippen molar-refractivity contribution < 1.29 is 4.79 Å². The number of amides is 1. The Balaban J connectivity index is 1.72. The summed E-state index contributed by atoms with van der Waals surface area (Å²) in [7, 11) is 4.06. The van der Waals surface area contributed by atoms with E-state index in [1.807, 2.05) is 39.2 Å². The molecule has 5 nitrogen and oxygen atoms in total. The van der Waals surface area contributed by atoms with E-state index in [4.69, 9.17) is 0 Å². The second-order valence-electron chi connectivity index (χ2n) is 6.93. The van der Waals surface area contributed by atoms with Gasteiger partial charge in [0.2, 0.25) is 0 Å². The third kappa shape index (κ3) is 4.64. The Morgan fingerprint density at radius 3 is 2.54 bits per heavy atom. The van der Waals surface area contributed by atoms with Crippen LogP contribution in [-0.2, 0) is 6.42 Å². The molecule has 0 aliphatic rings. The van der Waals surface area contributed by atoms with E-state index in [1.54, 1.807) is 6.20 Å². The van der Waals surface area contributed by atoms with Crippen LogP contribution in [0.5, 0.6) is 0 Å². The van der Waals surface area contributed by atoms with Crippen LogP contribution in [0.2, 0.25) is 0 Å². The summed E-state index contributed by atoms with van der Waals surface area (Å²) in [5.74, 6) is -0.0887. The average Bonchev–Trinajstić information content (AvgIpc) is 3.10. The third-order valence-corrected chi connectivity index (χ3v) is 5.92. The highest BCUT2D eigenvalue weighted by atomic mass is 32.1. The fraction of sp³-hybridized carbons (Fsp3) is 0.318. The summed E-state index contributed by atoms with van der Waals surface area (Å²) >= 11 is 1.38. The monoisotopic (exact) mass is 394 g/mol. The highest BCUT2D eigenvalue weighted by Gasteiger charge is 2.20. The molecule has 0 fully saturated rings. The molecule has 0 aliphatic carbocycles. The Labute approximate surface area is 170 Å². The summed E-state index contributed by atoms with van der Waals surface area (Å²) in [4.78, 5) is 24.4. The van der Waals surface area contributed by atoms with E-state index in [0.29, 0.717) is 11.4 Å². The molecule has 0 saturated carbocycles. The summed E-state index contributed by atoms with van der Waals surface area (Å²) in [5, 5.41) is 3.85. The van der Waals surface area contributed by atoms with Crippen molar-refractivity contribution in [3.8, 4) is 10.7 Å². The predicted molar refractivity (Wildman–Crippen MR) is 115 cm³/mol. The van der Waals surface area contributed by atoms with E-state index in [0.717, 1.165) is 22.8 Å². The molecular weight excluding hydrogens is 368 g/mol. The van der Waals surface area contributed by atoms with Gasteiger partial charge in [0.25, 0.3) is 5.91 Å². The number of benzene rings is 1. The second kappa shape index (κ2) is 9.08. The molecule has 1 unspecified atom stereocenters.